The quantitative estimate of drug-likeness (QED) is 0.756. The van der Waals surface area contributed by atoms with Gasteiger partial charge in [0.1, 0.15) is 12.2 Å². The van der Waals surface area contributed by atoms with Crippen LogP contribution in [0.1, 0.15) is 41.5 Å². The Labute approximate surface area is 109 Å². The van der Waals surface area contributed by atoms with Gasteiger partial charge < -0.3 is 19.9 Å². The van der Waals surface area contributed by atoms with Crippen molar-refractivity contribution in [2.45, 2.75) is 59.0 Å². The van der Waals surface area contributed by atoms with Crippen LogP contribution in [0.15, 0.2) is 0 Å². The molecule has 2 unspecified atom stereocenters. The summed E-state index contributed by atoms with van der Waals surface area (Å²) in [4.78, 5) is 11.8. The summed E-state index contributed by atoms with van der Waals surface area (Å²) in [5.41, 5.74) is -0.553. The van der Waals surface area contributed by atoms with Gasteiger partial charge in [0, 0.05) is 0 Å². The Morgan fingerprint density at radius 1 is 1.39 bits per heavy atom. The molecule has 0 aromatic heterocycles. The molecule has 5 heteroatoms. The highest BCUT2D eigenvalue weighted by Gasteiger charge is 2.53. The monoisotopic (exact) mass is 259 g/mol. The lowest BCUT2D eigenvalue weighted by atomic mass is 9.87. The molecule has 3 atom stereocenters. The van der Waals surface area contributed by atoms with Crippen molar-refractivity contribution >= 4 is 6.09 Å². The molecule has 1 rings (SSSR count). The van der Waals surface area contributed by atoms with E-state index < -0.39 is 23.5 Å². The fraction of sp³-hybridized carbons (Fsp3) is 0.923. The Kier molecular flexibility index (Phi) is 4.28. The van der Waals surface area contributed by atoms with Crippen LogP contribution >= 0.6 is 0 Å². The third kappa shape index (κ3) is 4.14. The van der Waals surface area contributed by atoms with E-state index >= 15 is 0 Å². The minimum atomic E-state index is -1.24. The highest BCUT2D eigenvalue weighted by Crippen LogP contribution is 2.34. The van der Waals surface area contributed by atoms with E-state index in [1.165, 1.54) is 0 Å². The van der Waals surface area contributed by atoms with Crippen LogP contribution in [-0.2, 0) is 9.47 Å². The minimum Gasteiger partial charge on any atom is -0.444 e. The van der Waals surface area contributed by atoms with Gasteiger partial charge in [-0.15, -0.1) is 0 Å². The second-order valence-electron chi connectivity index (χ2n) is 6.36. The molecule has 18 heavy (non-hydrogen) atoms. The number of epoxide rings is 1. The maximum absolute atomic E-state index is 11.8. The summed E-state index contributed by atoms with van der Waals surface area (Å²) in [6.07, 6.45) is -0.524. The Morgan fingerprint density at radius 2 is 1.89 bits per heavy atom. The molecular weight excluding hydrogens is 234 g/mol. The van der Waals surface area contributed by atoms with Gasteiger partial charge in [0.15, 0.2) is 0 Å². The van der Waals surface area contributed by atoms with E-state index in [1.54, 1.807) is 20.8 Å². The van der Waals surface area contributed by atoms with Crippen LogP contribution in [0.5, 0.6) is 0 Å². The Hall–Kier alpha value is -0.810. The summed E-state index contributed by atoms with van der Waals surface area (Å²) in [6.45, 7) is 11.7. The lowest BCUT2D eigenvalue weighted by Crippen LogP contribution is -2.52. The van der Waals surface area contributed by atoms with Crippen LogP contribution in [-0.4, -0.2) is 35.2 Å². The van der Waals surface area contributed by atoms with Gasteiger partial charge in [-0.1, -0.05) is 20.8 Å². The standard InChI is InChI=1S/C13H25NO4/c1-8(2)9(3)10(13(16)7-17-13)14-11(15)18-12(4,5)6/h8-10,16H,7H2,1-6H3,(H,14,15)/t9?,10-,13?/m0/s1. The summed E-state index contributed by atoms with van der Waals surface area (Å²) in [5, 5.41) is 12.8. The first-order valence-corrected chi connectivity index (χ1v) is 6.41. The molecule has 1 aliphatic heterocycles. The molecule has 0 radical (unpaired) electrons. The van der Waals surface area contributed by atoms with Crippen LogP contribution in [0, 0.1) is 11.8 Å². The smallest absolute Gasteiger partial charge is 0.408 e. The lowest BCUT2D eigenvalue weighted by Gasteiger charge is -2.31. The summed E-state index contributed by atoms with van der Waals surface area (Å²) in [7, 11) is 0. The first kappa shape index (κ1) is 15.2. The van der Waals surface area contributed by atoms with E-state index in [1.807, 2.05) is 20.8 Å². The van der Waals surface area contributed by atoms with Crippen LogP contribution in [0.4, 0.5) is 4.79 Å². The van der Waals surface area contributed by atoms with Crippen molar-refractivity contribution in [1.29, 1.82) is 0 Å². The molecule has 1 saturated heterocycles. The largest absolute Gasteiger partial charge is 0.444 e. The number of hydrogen-bond donors (Lipinski definition) is 2. The van der Waals surface area contributed by atoms with E-state index in [9.17, 15) is 9.90 Å². The SMILES string of the molecule is CC(C)C(C)[C@H](NC(=O)OC(C)(C)C)C1(O)CO1. The first-order chi connectivity index (χ1) is 8.05. The van der Waals surface area contributed by atoms with Gasteiger partial charge in [-0.3, -0.25) is 0 Å². The Bertz CT molecular complexity index is 305. The molecule has 5 nitrogen and oxygen atoms in total. The van der Waals surface area contributed by atoms with Gasteiger partial charge in [0.05, 0.1) is 6.04 Å². The van der Waals surface area contributed by atoms with Gasteiger partial charge >= 0.3 is 6.09 Å². The van der Waals surface area contributed by atoms with Crippen molar-refractivity contribution in [2.24, 2.45) is 11.8 Å². The van der Waals surface area contributed by atoms with Gasteiger partial charge in [-0.2, -0.15) is 0 Å². The van der Waals surface area contributed by atoms with E-state index in [-0.39, 0.29) is 12.5 Å². The van der Waals surface area contributed by atoms with Crippen LogP contribution < -0.4 is 5.32 Å². The molecule has 0 aromatic rings. The fourth-order valence-electron chi connectivity index (χ4n) is 1.73. The molecule has 0 saturated carbocycles. The van der Waals surface area contributed by atoms with Crippen molar-refractivity contribution in [1.82, 2.24) is 5.32 Å². The molecule has 106 valence electrons. The second kappa shape index (κ2) is 5.05. The predicted octanol–water partition coefficient (Wildman–Crippen LogP) is 1.89. The Balaban J connectivity index is 2.66. The molecule has 0 aliphatic carbocycles. The molecule has 0 bridgehead atoms. The summed E-state index contributed by atoms with van der Waals surface area (Å²) in [5.74, 6) is -0.830. The maximum Gasteiger partial charge on any atom is 0.408 e. The van der Waals surface area contributed by atoms with E-state index in [2.05, 4.69) is 5.32 Å². The Morgan fingerprint density at radius 3 is 2.22 bits per heavy atom. The minimum absolute atomic E-state index is 0.0880. The average molecular weight is 259 g/mol. The van der Waals surface area contributed by atoms with E-state index in [0.29, 0.717) is 5.92 Å². The average Bonchev–Trinajstić information content (AvgIpc) is 2.90. The molecule has 2 N–H and O–H groups in total. The molecule has 1 fully saturated rings. The summed E-state index contributed by atoms with van der Waals surface area (Å²) in [6, 6.07) is -0.452. The zero-order chi connectivity index (χ0) is 14.1. The van der Waals surface area contributed by atoms with Crippen LogP contribution in [0.25, 0.3) is 0 Å². The first-order valence-electron chi connectivity index (χ1n) is 6.41. The molecule has 1 amide bonds. The van der Waals surface area contributed by atoms with Crippen LogP contribution in [0.3, 0.4) is 0 Å². The highest BCUT2D eigenvalue weighted by atomic mass is 16.7. The molecular formula is C13H25NO4. The van der Waals surface area contributed by atoms with Gasteiger partial charge in [-0.25, -0.2) is 4.79 Å². The fourth-order valence-corrected chi connectivity index (χ4v) is 1.73. The van der Waals surface area contributed by atoms with Crippen molar-refractivity contribution in [3.63, 3.8) is 0 Å². The molecule has 1 heterocycles. The number of ether oxygens (including phenoxy) is 2. The topological polar surface area (TPSA) is 71.1 Å². The van der Waals surface area contributed by atoms with Gasteiger partial charge in [-0.05, 0) is 32.6 Å². The number of nitrogens with one attached hydrogen (secondary N) is 1. The molecule has 1 aliphatic rings. The van der Waals surface area contributed by atoms with Crippen molar-refractivity contribution in [3.05, 3.63) is 0 Å². The maximum atomic E-state index is 11.8. The normalized spacial score (nSPS) is 26.7. The zero-order valence-corrected chi connectivity index (χ0v) is 12.1. The van der Waals surface area contributed by atoms with Crippen LogP contribution in [0.2, 0.25) is 0 Å². The van der Waals surface area contributed by atoms with Gasteiger partial charge in [0.25, 0.3) is 0 Å². The number of carbonyl (C=O) groups is 1. The predicted molar refractivity (Wildman–Crippen MR) is 68.1 cm³/mol. The summed E-state index contributed by atoms with van der Waals surface area (Å²) < 4.78 is 10.3. The number of hydrogen-bond acceptors (Lipinski definition) is 4. The zero-order valence-electron chi connectivity index (χ0n) is 12.1. The lowest BCUT2D eigenvalue weighted by molar-refractivity contribution is -0.0277. The molecule has 0 aromatic carbocycles. The number of rotatable bonds is 4. The van der Waals surface area contributed by atoms with E-state index in [0.717, 1.165) is 0 Å². The number of aliphatic hydroxyl groups is 1. The van der Waals surface area contributed by atoms with E-state index in [4.69, 9.17) is 9.47 Å². The summed E-state index contributed by atoms with van der Waals surface area (Å²) >= 11 is 0. The van der Waals surface area contributed by atoms with Crippen molar-refractivity contribution in [3.8, 4) is 0 Å². The van der Waals surface area contributed by atoms with Gasteiger partial charge in [0.2, 0.25) is 5.79 Å². The highest BCUT2D eigenvalue weighted by molar-refractivity contribution is 5.68. The second-order valence-corrected chi connectivity index (χ2v) is 6.36. The number of amides is 1. The molecule has 0 spiro atoms. The third-order valence-corrected chi connectivity index (χ3v) is 3.18. The number of carbonyl (C=O) groups excluding carboxylic acids is 1. The number of alkyl carbamates (subject to hydrolysis) is 1. The van der Waals surface area contributed by atoms with Crippen molar-refractivity contribution in [2.75, 3.05) is 6.61 Å². The van der Waals surface area contributed by atoms with Crippen molar-refractivity contribution < 1.29 is 19.4 Å². The third-order valence-electron chi connectivity index (χ3n) is 3.18.